The Balaban J connectivity index is 1.55. The molecule has 2 saturated carbocycles. The second-order valence-corrected chi connectivity index (χ2v) is 15.3. The summed E-state index contributed by atoms with van der Waals surface area (Å²) in [5.74, 6) is -5.99. The van der Waals surface area contributed by atoms with Crippen LogP contribution in [0.2, 0.25) is 0 Å². The molecule has 51 heavy (non-hydrogen) atoms. The number of carbonyl (C=O) groups excluding carboxylic acids is 6. The molecule has 3 aliphatic heterocycles. The second kappa shape index (κ2) is 12.8. The maximum absolute atomic E-state index is 14.3. The van der Waals surface area contributed by atoms with Crippen LogP contribution in [0, 0.1) is 28.6 Å². The highest BCUT2D eigenvalue weighted by Gasteiger charge is 2.85. The van der Waals surface area contributed by atoms with Crippen molar-refractivity contribution >= 4 is 36.3 Å². The van der Waals surface area contributed by atoms with E-state index in [4.69, 9.17) is 37.6 Å². The lowest BCUT2D eigenvalue weighted by atomic mass is 9.47. The molecule has 1 aromatic rings. The lowest BCUT2D eigenvalue weighted by molar-refractivity contribution is -0.235. The molecule has 0 aromatic carbocycles. The minimum atomic E-state index is -1.53. The number of ether oxygens (including phenoxy) is 7. The predicted octanol–water partition coefficient (Wildman–Crippen LogP) is 3.73. The quantitative estimate of drug-likeness (QED) is 0.106. The summed E-state index contributed by atoms with van der Waals surface area (Å²) in [6, 6.07) is 1.82. The van der Waals surface area contributed by atoms with Crippen molar-refractivity contribution in [3.8, 4) is 0 Å². The first-order chi connectivity index (χ1) is 24.0. The highest BCUT2D eigenvalue weighted by Crippen LogP contribution is 2.77. The Morgan fingerprint density at radius 3 is 2.41 bits per heavy atom. The first-order valence-electron chi connectivity index (χ1n) is 17.4. The van der Waals surface area contributed by atoms with Gasteiger partial charge in [0.1, 0.15) is 36.1 Å². The third-order valence-electron chi connectivity index (χ3n) is 12.6. The van der Waals surface area contributed by atoms with Crippen molar-refractivity contribution in [1.82, 2.24) is 0 Å². The van der Waals surface area contributed by atoms with E-state index in [-0.39, 0.29) is 31.8 Å². The SMILES string of the molecule is C=C1[C@@H]([C@]2(C)[C@H]3CC(=O)O[C@@H]2CC(=O)O[C@@]3(C)COC(C)=O)[C@H](OC=O)[C@@H](OC(=O)[C@H](OC(C)=O)[C@@H](C)CC)[C@]2(C)[C@H](c3ccoc3)C[C@H]3O[C@]132. The number of fused-ring (bicyclic) bond motifs is 2. The molecule has 3 saturated heterocycles. The van der Waals surface area contributed by atoms with Crippen molar-refractivity contribution in [2.45, 2.75) is 122 Å². The summed E-state index contributed by atoms with van der Waals surface area (Å²) in [6.45, 7) is 15.8. The van der Waals surface area contributed by atoms with Crippen LogP contribution in [0.25, 0.3) is 0 Å². The minimum absolute atomic E-state index is 0.241. The van der Waals surface area contributed by atoms with Crippen LogP contribution in [0.4, 0.5) is 0 Å². The Labute approximate surface area is 295 Å². The number of hydrogen-bond donors (Lipinski definition) is 0. The van der Waals surface area contributed by atoms with E-state index >= 15 is 0 Å². The molecular formula is C37H46O14. The van der Waals surface area contributed by atoms with E-state index in [1.54, 1.807) is 33.3 Å². The maximum Gasteiger partial charge on any atom is 0.348 e. The standard InChI is InChI=1S/C37H46O14/c1-9-18(2)30(47-21(5)40)33(43)49-32-31(46-17-38)29(19(3)37-26(50-37)12-23(36(32,37)8)22-10-11-44-15-22)35(7)24-13-27(41)48-25(35)14-28(42)51-34(24,6)16-45-20(4)39/h10-11,15,17-18,23-26,29-32H,3,9,12-14,16H2,1-2,4-8H3/t18-,23-,24-,25+,26+,29+,30+,31-,32+,34-,35+,36-,37+/m0/s1. The van der Waals surface area contributed by atoms with Crippen LogP contribution in [0.5, 0.6) is 0 Å². The Hall–Kier alpha value is -4.20. The molecule has 4 heterocycles. The average molecular weight is 715 g/mol. The van der Waals surface area contributed by atoms with Crippen molar-refractivity contribution in [3.63, 3.8) is 0 Å². The molecule has 0 radical (unpaired) electrons. The van der Waals surface area contributed by atoms with E-state index in [1.165, 1.54) is 13.8 Å². The van der Waals surface area contributed by atoms with Crippen LogP contribution >= 0.6 is 0 Å². The molecule has 0 N–H and O–H groups in total. The normalized spacial score (nSPS) is 40.6. The number of rotatable bonds is 11. The number of cyclic esters (lactones) is 1. The van der Waals surface area contributed by atoms with Crippen LogP contribution in [0.3, 0.4) is 0 Å². The molecule has 278 valence electrons. The molecule has 2 aliphatic carbocycles. The van der Waals surface area contributed by atoms with Gasteiger partial charge in [0.15, 0.2) is 0 Å². The van der Waals surface area contributed by atoms with Gasteiger partial charge in [0.25, 0.3) is 6.47 Å². The van der Waals surface area contributed by atoms with E-state index in [9.17, 15) is 28.8 Å². The summed E-state index contributed by atoms with van der Waals surface area (Å²) in [6.07, 6.45) is -1.78. The fourth-order valence-electron chi connectivity index (χ4n) is 10.0. The van der Waals surface area contributed by atoms with Crippen LogP contribution < -0.4 is 0 Å². The Morgan fingerprint density at radius 2 is 1.80 bits per heavy atom. The molecule has 14 heteroatoms. The van der Waals surface area contributed by atoms with Gasteiger partial charge in [-0.25, -0.2) is 4.79 Å². The highest BCUT2D eigenvalue weighted by atomic mass is 16.6. The zero-order chi connectivity index (χ0) is 37.3. The van der Waals surface area contributed by atoms with Gasteiger partial charge in [0.05, 0.1) is 36.9 Å². The summed E-state index contributed by atoms with van der Waals surface area (Å²) in [5, 5.41) is 0. The van der Waals surface area contributed by atoms with Crippen molar-refractivity contribution in [2.75, 3.05) is 6.61 Å². The summed E-state index contributed by atoms with van der Waals surface area (Å²) in [5.41, 5.74) is -3.75. The number of carbonyl (C=O) groups is 6. The van der Waals surface area contributed by atoms with Crippen LogP contribution in [0.1, 0.15) is 85.6 Å². The zero-order valence-corrected chi connectivity index (χ0v) is 30.0. The zero-order valence-electron chi connectivity index (χ0n) is 30.0. The van der Waals surface area contributed by atoms with Gasteiger partial charge >= 0.3 is 29.8 Å². The molecular weight excluding hydrogens is 668 g/mol. The molecule has 14 nitrogen and oxygen atoms in total. The largest absolute Gasteiger partial charge is 0.472 e. The van der Waals surface area contributed by atoms with Crippen LogP contribution in [-0.4, -0.2) is 84.6 Å². The van der Waals surface area contributed by atoms with Gasteiger partial charge in [-0.15, -0.1) is 0 Å². The van der Waals surface area contributed by atoms with Crippen molar-refractivity contribution in [3.05, 3.63) is 36.3 Å². The van der Waals surface area contributed by atoms with Gasteiger partial charge in [-0.1, -0.05) is 34.3 Å². The van der Waals surface area contributed by atoms with Gasteiger partial charge < -0.3 is 37.6 Å². The van der Waals surface area contributed by atoms with Gasteiger partial charge in [0.2, 0.25) is 6.10 Å². The first-order valence-corrected chi connectivity index (χ1v) is 17.4. The Bertz CT molecular complexity index is 1620. The summed E-state index contributed by atoms with van der Waals surface area (Å²) >= 11 is 0. The lowest BCUT2D eigenvalue weighted by Crippen LogP contribution is -2.69. The molecule has 6 rings (SSSR count). The van der Waals surface area contributed by atoms with E-state index in [1.807, 2.05) is 19.9 Å². The molecule has 1 spiro atoms. The second-order valence-electron chi connectivity index (χ2n) is 15.3. The van der Waals surface area contributed by atoms with Crippen molar-refractivity contribution in [2.24, 2.45) is 28.6 Å². The molecule has 0 unspecified atom stereocenters. The number of epoxide rings is 1. The predicted molar refractivity (Wildman–Crippen MR) is 172 cm³/mol. The topological polar surface area (TPSA) is 183 Å². The minimum Gasteiger partial charge on any atom is -0.472 e. The molecule has 5 aliphatic rings. The number of furan rings is 1. The lowest BCUT2D eigenvalue weighted by Gasteiger charge is -2.60. The Morgan fingerprint density at radius 1 is 1.08 bits per heavy atom. The summed E-state index contributed by atoms with van der Waals surface area (Å²) in [4.78, 5) is 77.7. The van der Waals surface area contributed by atoms with E-state index < -0.39 is 100 Å². The number of esters is 5. The van der Waals surface area contributed by atoms with Crippen molar-refractivity contribution < 1.29 is 66.3 Å². The van der Waals surface area contributed by atoms with Gasteiger partial charge in [0, 0.05) is 42.9 Å². The highest BCUT2D eigenvalue weighted by molar-refractivity contribution is 5.79. The van der Waals surface area contributed by atoms with Crippen LogP contribution in [0.15, 0.2) is 35.2 Å². The van der Waals surface area contributed by atoms with Gasteiger partial charge in [-0.3, -0.25) is 24.0 Å². The fourth-order valence-corrected chi connectivity index (χ4v) is 10.0. The van der Waals surface area contributed by atoms with Crippen molar-refractivity contribution in [1.29, 1.82) is 0 Å². The average Bonchev–Trinajstić information content (AvgIpc) is 3.41. The van der Waals surface area contributed by atoms with E-state index in [0.717, 1.165) is 5.56 Å². The first kappa shape index (κ1) is 36.6. The summed E-state index contributed by atoms with van der Waals surface area (Å²) < 4.78 is 47.4. The molecule has 0 amide bonds. The Kier molecular flexibility index (Phi) is 9.17. The smallest absolute Gasteiger partial charge is 0.348 e. The van der Waals surface area contributed by atoms with E-state index in [2.05, 4.69) is 6.58 Å². The van der Waals surface area contributed by atoms with E-state index in [0.29, 0.717) is 18.4 Å². The fraction of sp³-hybridized carbons (Fsp3) is 0.676. The molecule has 2 bridgehead atoms. The number of hydrogen-bond acceptors (Lipinski definition) is 14. The maximum atomic E-state index is 14.3. The monoisotopic (exact) mass is 714 g/mol. The van der Waals surface area contributed by atoms with Crippen LogP contribution in [-0.2, 0) is 61.9 Å². The third kappa shape index (κ3) is 5.46. The van der Waals surface area contributed by atoms with Gasteiger partial charge in [-0.2, -0.15) is 0 Å². The summed E-state index contributed by atoms with van der Waals surface area (Å²) in [7, 11) is 0. The molecule has 1 aromatic heterocycles. The molecule has 5 fully saturated rings. The molecule has 13 atom stereocenters. The third-order valence-corrected chi connectivity index (χ3v) is 12.6. The van der Waals surface area contributed by atoms with Gasteiger partial charge in [-0.05, 0) is 37.0 Å².